The minimum absolute atomic E-state index is 1.22. The molecule has 0 unspecified atom stereocenters. The van der Waals surface area contributed by atoms with E-state index in [2.05, 4.69) is 56.1 Å². The summed E-state index contributed by atoms with van der Waals surface area (Å²) < 4.78 is 0. The lowest BCUT2D eigenvalue weighted by Gasteiger charge is -1.91. The molecular weight excluding hydrogens is 170 g/mol. The second-order valence-electron chi connectivity index (χ2n) is 3.58. The Bertz CT molecular complexity index is 573. The van der Waals surface area contributed by atoms with Gasteiger partial charge in [-0.2, -0.15) is 0 Å². The van der Waals surface area contributed by atoms with Crippen LogP contribution in [-0.4, -0.2) is 4.98 Å². The molecule has 2 rings (SSSR count). The molecule has 0 aliphatic heterocycles. The lowest BCUT2D eigenvalue weighted by molar-refractivity contribution is 1.35. The molecule has 1 aromatic carbocycles. The molecule has 0 saturated heterocycles. The first-order chi connectivity index (χ1) is 6.76. The molecule has 1 heteroatoms. The zero-order valence-electron chi connectivity index (χ0n) is 8.89. The maximum Gasteiger partial charge on any atom is 0.0464 e. The summed E-state index contributed by atoms with van der Waals surface area (Å²) in [6.07, 6.45) is 4.28. The number of aromatic nitrogens is 1. The average molecular weight is 185 g/mol. The molecule has 72 valence electrons. The van der Waals surface area contributed by atoms with Crippen LogP contribution in [0.4, 0.5) is 0 Å². The predicted octanol–water partition coefficient (Wildman–Crippen LogP) is 2.08. The Morgan fingerprint density at radius 2 is 1.93 bits per heavy atom. The van der Waals surface area contributed by atoms with Crippen LogP contribution in [0.3, 0.4) is 0 Å². The van der Waals surface area contributed by atoms with Crippen molar-refractivity contribution >= 4 is 23.1 Å². The van der Waals surface area contributed by atoms with Crippen LogP contribution in [-0.2, 0) is 0 Å². The highest BCUT2D eigenvalue weighted by atomic mass is 14.7. The Morgan fingerprint density at radius 1 is 1.14 bits per heavy atom. The fourth-order valence-corrected chi connectivity index (χ4v) is 1.89. The van der Waals surface area contributed by atoms with Crippen LogP contribution in [0, 0.1) is 6.92 Å². The van der Waals surface area contributed by atoms with E-state index in [-0.39, 0.29) is 0 Å². The van der Waals surface area contributed by atoms with Gasteiger partial charge in [0.15, 0.2) is 0 Å². The van der Waals surface area contributed by atoms with Gasteiger partial charge >= 0.3 is 0 Å². The van der Waals surface area contributed by atoms with Gasteiger partial charge in [-0.3, -0.25) is 0 Å². The Hall–Kier alpha value is -1.50. The second kappa shape index (κ2) is 3.33. The quantitative estimate of drug-likeness (QED) is 0.646. The second-order valence-corrected chi connectivity index (χ2v) is 3.58. The number of hydrogen-bond donors (Lipinski definition) is 1. The van der Waals surface area contributed by atoms with Crippen LogP contribution in [0.2, 0.25) is 0 Å². The molecule has 1 N–H and O–H groups in total. The highest BCUT2D eigenvalue weighted by Gasteiger charge is 1.98. The molecule has 14 heavy (non-hydrogen) atoms. The van der Waals surface area contributed by atoms with E-state index >= 15 is 0 Å². The van der Waals surface area contributed by atoms with Gasteiger partial charge in [-0.25, -0.2) is 0 Å². The summed E-state index contributed by atoms with van der Waals surface area (Å²) in [6.45, 7) is 6.27. The molecule has 0 atom stereocenters. The van der Waals surface area contributed by atoms with E-state index in [1.807, 2.05) is 0 Å². The van der Waals surface area contributed by atoms with E-state index in [0.29, 0.717) is 0 Å². The largest absolute Gasteiger partial charge is 0.355 e. The lowest BCUT2D eigenvalue weighted by atomic mass is 10.1. The number of rotatable bonds is 0. The molecule has 0 aliphatic carbocycles. The van der Waals surface area contributed by atoms with E-state index in [4.69, 9.17) is 0 Å². The molecule has 1 nitrogen and oxygen atoms in total. The summed E-state index contributed by atoms with van der Waals surface area (Å²) in [6, 6.07) is 6.51. The molecule has 0 saturated carbocycles. The molecule has 0 spiro atoms. The van der Waals surface area contributed by atoms with Crippen molar-refractivity contribution in [2.24, 2.45) is 0 Å². The smallest absolute Gasteiger partial charge is 0.0464 e. The Kier molecular flexibility index (Phi) is 2.16. The van der Waals surface area contributed by atoms with Crippen LogP contribution >= 0.6 is 0 Å². The number of aromatic amines is 1. The highest BCUT2D eigenvalue weighted by molar-refractivity contribution is 5.81. The normalized spacial score (nSPS) is 14.2. The minimum Gasteiger partial charge on any atom is -0.355 e. The number of aryl methyl sites for hydroxylation is 1. The molecule has 0 radical (unpaired) electrons. The van der Waals surface area contributed by atoms with Crippen LogP contribution in [0.1, 0.15) is 19.4 Å². The fraction of sp³-hybridized carbons (Fsp3) is 0.231. The number of nitrogens with one attached hydrogen (secondary N) is 1. The van der Waals surface area contributed by atoms with Gasteiger partial charge < -0.3 is 4.98 Å². The number of hydrogen-bond acceptors (Lipinski definition) is 0. The van der Waals surface area contributed by atoms with Crippen molar-refractivity contribution in [1.82, 2.24) is 4.98 Å². The van der Waals surface area contributed by atoms with Gasteiger partial charge in [0, 0.05) is 21.5 Å². The van der Waals surface area contributed by atoms with Gasteiger partial charge in [-0.1, -0.05) is 23.8 Å². The molecular formula is C13H15N. The number of benzene rings is 1. The highest BCUT2D eigenvalue weighted by Crippen LogP contribution is 2.07. The first-order valence-corrected chi connectivity index (χ1v) is 4.97. The first-order valence-electron chi connectivity index (χ1n) is 4.97. The van der Waals surface area contributed by atoms with Gasteiger partial charge in [0.1, 0.15) is 0 Å². The molecule has 2 aromatic rings. The Labute approximate surface area is 83.8 Å². The van der Waals surface area contributed by atoms with Crippen molar-refractivity contribution in [3.05, 3.63) is 34.3 Å². The SMILES string of the molecule is C/C=c1\c(=C/C)[nH]c2ccc(C)cc12. The van der Waals surface area contributed by atoms with Crippen molar-refractivity contribution in [1.29, 1.82) is 0 Å². The number of fused-ring (bicyclic) bond motifs is 1. The van der Waals surface area contributed by atoms with Crippen molar-refractivity contribution in [2.75, 3.05) is 0 Å². The molecule has 0 amide bonds. The first kappa shape index (κ1) is 9.07. The molecule has 0 bridgehead atoms. The van der Waals surface area contributed by atoms with Crippen LogP contribution in [0.15, 0.2) is 18.2 Å². The predicted molar refractivity (Wildman–Crippen MR) is 62.6 cm³/mol. The number of H-pyrrole nitrogens is 1. The van der Waals surface area contributed by atoms with Crippen molar-refractivity contribution < 1.29 is 0 Å². The van der Waals surface area contributed by atoms with E-state index in [0.717, 1.165) is 0 Å². The maximum atomic E-state index is 3.41. The third-order valence-electron chi connectivity index (χ3n) is 2.60. The zero-order valence-corrected chi connectivity index (χ0v) is 8.89. The molecule has 0 fully saturated rings. The average Bonchev–Trinajstić information content (AvgIpc) is 2.54. The third kappa shape index (κ3) is 1.25. The van der Waals surface area contributed by atoms with Crippen molar-refractivity contribution in [3.63, 3.8) is 0 Å². The Balaban J connectivity index is 3.05. The fourth-order valence-electron chi connectivity index (χ4n) is 1.89. The van der Waals surface area contributed by atoms with E-state index in [1.165, 1.54) is 27.0 Å². The standard InChI is InChI=1S/C13H15N/c1-4-10-11-8-9(3)6-7-13(11)14-12(10)5-2/h4-8,14H,1-3H3/b10-4-,12-5+. The van der Waals surface area contributed by atoms with Crippen LogP contribution in [0.5, 0.6) is 0 Å². The van der Waals surface area contributed by atoms with Gasteiger partial charge in [-0.15, -0.1) is 0 Å². The molecule has 1 aromatic heterocycles. The Morgan fingerprint density at radius 3 is 2.57 bits per heavy atom. The summed E-state index contributed by atoms with van der Waals surface area (Å²) in [4.78, 5) is 3.41. The molecule has 1 heterocycles. The third-order valence-corrected chi connectivity index (χ3v) is 2.60. The zero-order chi connectivity index (χ0) is 10.1. The maximum absolute atomic E-state index is 3.41. The summed E-state index contributed by atoms with van der Waals surface area (Å²) in [5.74, 6) is 0. The van der Waals surface area contributed by atoms with Crippen molar-refractivity contribution in [2.45, 2.75) is 20.8 Å². The molecule has 0 aliphatic rings. The van der Waals surface area contributed by atoms with Gasteiger partial charge in [0.2, 0.25) is 0 Å². The summed E-state index contributed by atoms with van der Waals surface area (Å²) in [5, 5.41) is 3.85. The topological polar surface area (TPSA) is 15.8 Å². The van der Waals surface area contributed by atoms with Crippen LogP contribution in [0.25, 0.3) is 23.1 Å². The van der Waals surface area contributed by atoms with Gasteiger partial charge in [0.25, 0.3) is 0 Å². The summed E-state index contributed by atoms with van der Waals surface area (Å²) >= 11 is 0. The van der Waals surface area contributed by atoms with E-state index in [9.17, 15) is 0 Å². The van der Waals surface area contributed by atoms with E-state index in [1.54, 1.807) is 0 Å². The van der Waals surface area contributed by atoms with Gasteiger partial charge in [0.05, 0.1) is 0 Å². The monoisotopic (exact) mass is 185 g/mol. The minimum atomic E-state index is 1.22. The van der Waals surface area contributed by atoms with Gasteiger partial charge in [-0.05, 0) is 32.9 Å². The van der Waals surface area contributed by atoms with E-state index < -0.39 is 0 Å². The lowest BCUT2D eigenvalue weighted by Crippen LogP contribution is -2.21. The summed E-state index contributed by atoms with van der Waals surface area (Å²) in [7, 11) is 0. The van der Waals surface area contributed by atoms with Crippen LogP contribution < -0.4 is 10.6 Å². The van der Waals surface area contributed by atoms with Crippen molar-refractivity contribution in [3.8, 4) is 0 Å². The summed E-state index contributed by atoms with van der Waals surface area (Å²) in [5.41, 5.74) is 2.53.